The SMILES string of the molecule is C=CS[CH]CC. The molecule has 0 amide bonds. The van der Waals surface area contributed by atoms with Crippen molar-refractivity contribution < 1.29 is 0 Å². The van der Waals surface area contributed by atoms with Gasteiger partial charge >= 0.3 is 0 Å². The van der Waals surface area contributed by atoms with E-state index in [4.69, 9.17) is 0 Å². The lowest BCUT2D eigenvalue weighted by Crippen LogP contribution is -1.53. The van der Waals surface area contributed by atoms with Crippen LogP contribution in [0.4, 0.5) is 0 Å². The van der Waals surface area contributed by atoms with Crippen molar-refractivity contribution in [2.24, 2.45) is 0 Å². The van der Waals surface area contributed by atoms with Crippen LogP contribution in [0.1, 0.15) is 13.3 Å². The Balaban J connectivity index is 2.49. The second kappa shape index (κ2) is 5.09. The van der Waals surface area contributed by atoms with Crippen LogP contribution in [0.2, 0.25) is 0 Å². The molecule has 0 fully saturated rings. The Kier molecular flexibility index (Phi) is 5.17. The molecular formula is C5H9S. The van der Waals surface area contributed by atoms with Gasteiger partial charge in [-0.05, 0) is 11.8 Å². The third-order valence-electron chi connectivity index (χ3n) is 0.359. The maximum atomic E-state index is 3.53. The highest BCUT2D eigenvalue weighted by Crippen LogP contribution is 2.06. The Bertz CT molecular complexity index is 32.9. The first-order valence-electron chi connectivity index (χ1n) is 2.00. The van der Waals surface area contributed by atoms with Crippen molar-refractivity contribution in [1.82, 2.24) is 0 Å². The molecule has 0 aliphatic carbocycles. The molecule has 0 atom stereocenters. The monoisotopic (exact) mass is 101 g/mol. The van der Waals surface area contributed by atoms with Crippen molar-refractivity contribution in [2.75, 3.05) is 0 Å². The van der Waals surface area contributed by atoms with Gasteiger partial charge in [0.05, 0.1) is 0 Å². The first-order valence-corrected chi connectivity index (χ1v) is 2.94. The highest BCUT2D eigenvalue weighted by Gasteiger charge is 1.72. The van der Waals surface area contributed by atoms with Crippen LogP contribution in [0.25, 0.3) is 0 Å². The van der Waals surface area contributed by atoms with Crippen LogP contribution in [0, 0.1) is 5.75 Å². The van der Waals surface area contributed by atoms with E-state index >= 15 is 0 Å². The van der Waals surface area contributed by atoms with Gasteiger partial charge in [-0.15, -0.1) is 11.8 Å². The average molecular weight is 101 g/mol. The third-order valence-corrected chi connectivity index (χ3v) is 1.08. The standard InChI is InChI=1S/C5H9S/c1-3-5-6-4-2/h4-5H,2-3H2,1H3. The Labute approximate surface area is 43.6 Å². The fraction of sp³-hybridized carbons (Fsp3) is 0.400. The molecule has 0 heterocycles. The van der Waals surface area contributed by atoms with Crippen LogP contribution >= 0.6 is 11.8 Å². The summed E-state index contributed by atoms with van der Waals surface area (Å²) in [6.45, 7) is 5.64. The molecule has 0 N–H and O–H groups in total. The summed E-state index contributed by atoms with van der Waals surface area (Å²) in [6, 6.07) is 0. The maximum absolute atomic E-state index is 3.53. The van der Waals surface area contributed by atoms with Crippen molar-refractivity contribution in [2.45, 2.75) is 13.3 Å². The molecular weight excluding hydrogens is 92.1 g/mol. The summed E-state index contributed by atoms with van der Waals surface area (Å²) in [5, 5.41) is 1.82. The topological polar surface area (TPSA) is 0 Å². The van der Waals surface area contributed by atoms with Crippen LogP contribution in [0.15, 0.2) is 12.0 Å². The van der Waals surface area contributed by atoms with Gasteiger partial charge in [-0.25, -0.2) is 0 Å². The molecule has 1 heteroatoms. The lowest BCUT2D eigenvalue weighted by atomic mass is 10.6. The van der Waals surface area contributed by atoms with Crippen molar-refractivity contribution in [3.05, 3.63) is 17.7 Å². The van der Waals surface area contributed by atoms with E-state index in [1.54, 1.807) is 11.8 Å². The molecule has 1 radical (unpaired) electrons. The predicted molar refractivity (Wildman–Crippen MR) is 32.4 cm³/mol. The molecule has 0 aromatic rings. The molecule has 0 aliphatic rings. The largest absolute Gasteiger partial charge is 0.130 e. The first-order chi connectivity index (χ1) is 2.91. The Morgan fingerprint density at radius 2 is 2.50 bits per heavy atom. The first kappa shape index (κ1) is 6.09. The number of thioether (sulfide) groups is 1. The summed E-state index contributed by atoms with van der Waals surface area (Å²) in [5.41, 5.74) is 0. The van der Waals surface area contributed by atoms with Crippen molar-refractivity contribution in [3.63, 3.8) is 0 Å². The average Bonchev–Trinajstić information content (AvgIpc) is 1.61. The zero-order chi connectivity index (χ0) is 4.83. The summed E-state index contributed by atoms with van der Waals surface area (Å²) in [4.78, 5) is 0. The van der Waals surface area contributed by atoms with E-state index in [0.717, 1.165) is 6.42 Å². The Morgan fingerprint density at radius 1 is 1.83 bits per heavy atom. The minimum absolute atomic E-state index is 1.12. The Morgan fingerprint density at radius 3 is 2.67 bits per heavy atom. The van der Waals surface area contributed by atoms with Gasteiger partial charge in [-0.1, -0.05) is 13.5 Å². The van der Waals surface area contributed by atoms with Gasteiger partial charge < -0.3 is 0 Å². The molecule has 0 aromatic carbocycles. The number of hydrogen-bond acceptors (Lipinski definition) is 1. The summed E-state index contributed by atoms with van der Waals surface area (Å²) in [6.07, 6.45) is 1.12. The molecule has 0 rings (SSSR count). The third kappa shape index (κ3) is 4.09. The van der Waals surface area contributed by atoms with Gasteiger partial charge in [0.25, 0.3) is 0 Å². The molecule has 0 bridgehead atoms. The van der Waals surface area contributed by atoms with E-state index in [1.807, 2.05) is 5.41 Å². The minimum Gasteiger partial charge on any atom is -0.130 e. The number of hydrogen-bond donors (Lipinski definition) is 0. The zero-order valence-corrected chi connectivity index (χ0v) is 4.79. The quantitative estimate of drug-likeness (QED) is 0.492. The summed E-state index contributed by atoms with van der Waals surface area (Å²) < 4.78 is 0. The van der Waals surface area contributed by atoms with Crippen molar-refractivity contribution in [1.29, 1.82) is 0 Å². The van der Waals surface area contributed by atoms with Gasteiger partial charge in [-0.3, -0.25) is 0 Å². The van der Waals surface area contributed by atoms with Crippen LogP contribution < -0.4 is 0 Å². The summed E-state index contributed by atoms with van der Waals surface area (Å²) in [7, 11) is 0. The highest BCUT2D eigenvalue weighted by molar-refractivity contribution is 8.04. The second-order valence-corrected chi connectivity index (χ2v) is 1.82. The predicted octanol–water partition coefficient (Wildman–Crippen LogP) is 2.43. The van der Waals surface area contributed by atoms with E-state index < -0.39 is 0 Å². The fourth-order valence-corrected chi connectivity index (χ4v) is 0.493. The van der Waals surface area contributed by atoms with Crippen LogP contribution in [-0.2, 0) is 0 Å². The molecule has 0 saturated heterocycles. The van der Waals surface area contributed by atoms with E-state index in [9.17, 15) is 0 Å². The van der Waals surface area contributed by atoms with Gasteiger partial charge in [0.2, 0.25) is 0 Å². The van der Waals surface area contributed by atoms with E-state index in [1.165, 1.54) is 0 Å². The van der Waals surface area contributed by atoms with Gasteiger partial charge in [-0.2, -0.15) is 0 Å². The van der Waals surface area contributed by atoms with Crippen LogP contribution in [0.5, 0.6) is 0 Å². The normalized spacial score (nSPS) is 8.17. The molecule has 0 nitrogen and oxygen atoms in total. The molecule has 0 unspecified atom stereocenters. The van der Waals surface area contributed by atoms with Gasteiger partial charge in [0, 0.05) is 5.75 Å². The zero-order valence-electron chi connectivity index (χ0n) is 3.98. The molecule has 0 aliphatic heterocycles. The Hall–Kier alpha value is 0.0900. The van der Waals surface area contributed by atoms with Gasteiger partial charge in [0.15, 0.2) is 0 Å². The van der Waals surface area contributed by atoms with E-state index in [0.29, 0.717) is 0 Å². The summed E-state index contributed by atoms with van der Waals surface area (Å²) in [5.74, 6) is 2.10. The summed E-state index contributed by atoms with van der Waals surface area (Å²) >= 11 is 1.65. The van der Waals surface area contributed by atoms with Gasteiger partial charge in [0.1, 0.15) is 0 Å². The molecule has 35 valence electrons. The molecule has 0 saturated carbocycles. The van der Waals surface area contributed by atoms with E-state index in [-0.39, 0.29) is 0 Å². The molecule has 0 spiro atoms. The minimum atomic E-state index is 1.12. The van der Waals surface area contributed by atoms with Crippen molar-refractivity contribution in [3.8, 4) is 0 Å². The van der Waals surface area contributed by atoms with Crippen molar-refractivity contribution >= 4 is 11.8 Å². The molecule has 6 heavy (non-hydrogen) atoms. The van der Waals surface area contributed by atoms with Crippen LogP contribution in [-0.4, -0.2) is 0 Å². The molecule has 0 aromatic heterocycles. The lowest BCUT2D eigenvalue weighted by Gasteiger charge is -1.81. The smallest absolute Gasteiger partial charge is 0.0208 e. The van der Waals surface area contributed by atoms with Crippen LogP contribution in [0.3, 0.4) is 0 Å². The maximum Gasteiger partial charge on any atom is 0.0208 e. The lowest BCUT2D eigenvalue weighted by molar-refractivity contribution is 1.20. The van der Waals surface area contributed by atoms with E-state index in [2.05, 4.69) is 19.3 Å². The second-order valence-electron chi connectivity index (χ2n) is 0.878. The highest BCUT2D eigenvalue weighted by atomic mass is 32.2. The fourth-order valence-electron chi connectivity index (χ4n) is 0.164. The number of rotatable bonds is 3.